The van der Waals surface area contributed by atoms with Crippen molar-refractivity contribution in [2.24, 2.45) is 5.92 Å². The maximum Gasteiger partial charge on any atom is 0.324 e. The SMILES string of the molecule is Cc1nc(N[C@@H](C)c2cn(-c3ccc(Cl)cc3)cn2)nc(N2C(=O)NC[C@@H]2C2CC2)n1. The Balaban J connectivity index is 1.35. The van der Waals surface area contributed by atoms with Crippen LogP contribution < -0.4 is 15.5 Å². The van der Waals surface area contributed by atoms with Crippen molar-refractivity contribution in [1.82, 2.24) is 29.8 Å². The molecule has 160 valence electrons. The van der Waals surface area contributed by atoms with E-state index in [-0.39, 0.29) is 18.1 Å². The van der Waals surface area contributed by atoms with E-state index in [4.69, 9.17) is 11.6 Å². The zero-order valence-corrected chi connectivity index (χ0v) is 18.0. The molecule has 10 heteroatoms. The largest absolute Gasteiger partial charge is 0.346 e. The van der Waals surface area contributed by atoms with Gasteiger partial charge in [0.25, 0.3) is 0 Å². The molecule has 3 aromatic rings. The van der Waals surface area contributed by atoms with Crippen LogP contribution >= 0.6 is 11.6 Å². The van der Waals surface area contributed by atoms with Crippen LogP contribution in [-0.4, -0.2) is 43.1 Å². The topological polar surface area (TPSA) is 101 Å². The molecule has 2 aliphatic rings. The number of urea groups is 1. The van der Waals surface area contributed by atoms with Crippen LogP contribution in [0.1, 0.15) is 37.3 Å². The van der Waals surface area contributed by atoms with Crippen LogP contribution in [0, 0.1) is 12.8 Å². The van der Waals surface area contributed by atoms with Crippen molar-refractivity contribution in [3.05, 3.63) is 53.3 Å². The lowest BCUT2D eigenvalue weighted by Crippen LogP contribution is -2.37. The van der Waals surface area contributed by atoms with Gasteiger partial charge in [-0.2, -0.15) is 15.0 Å². The van der Waals surface area contributed by atoms with Gasteiger partial charge in [0, 0.05) is 23.5 Å². The van der Waals surface area contributed by atoms with Crippen molar-refractivity contribution in [2.45, 2.75) is 38.8 Å². The van der Waals surface area contributed by atoms with Crippen LogP contribution in [0.4, 0.5) is 16.7 Å². The molecule has 5 rings (SSSR count). The van der Waals surface area contributed by atoms with Gasteiger partial charge < -0.3 is 15.2 Å². The lowest BCUT2D eigenvalue weighted by atomic mass is 10.2. The first-order chi connectivity index (χ1) is 15.0. The fourth-order valence-electron chi connectivity index (χ4n) is 3.84. The second-order valence-corrected chi connectivity index (χ2v) is 8.45. The molecular weight excluding hydrogens is 416 g/mol. The van der Waals surface area contributed by atoms with E-state index in [9.17, 15) is 4.79 Å². The molecule has 1 saturated carbocycles. The Morgan fingerprint density at radius 1 is 1.19 bits per heavy atom. The number of rotatable bonds is 6. The van der Waals surface area contributed by atoms with Crippen LogP contribution in [0.25, 0.3) is 5.69 Å². The first kappa shape index (κ1) is 19.7. The maximum absolute atomic E-state index is 12.4. The predicted molar refractivity (Wildman–Crippen MR) is 118 cm³/mol. The Labute approximate surface area is 184 Å². The summed E-state index contributed by atoms with van der Waals surface area (Å²) >= 11 is 5.97. The number of amides is 2. The monoisotopic (exact) mass is 438 g/mol. The fourth-order valence-corrected chi connectivity index (χ4v) is 3.97. The van der Waals surface area contributed by atoms with E-state index in [2.05, 4.69) is 30.6 Å². The normalized spacial score (nSPS) is 19.4. The van der Waals surface area contributed by atoms with E-state index in [0.717, 1.165) is 24.2 Å². The number of aromatic nitrogens is 5. The van der Waals surface area contributed by atoms with Crippen molar-refractivity contribution in [3.8, 4) is 5.69 Å². The number of nitrogens with zero attached hydrogens (tertiary/aromatic N) is 6. The van der Waals surface area contributed by atoms with Crippen molar-refractivity contribution < 1.29 is 4.79 Å². The van der Waals surface area contributed by atoms with Gasteiger partial charge in [-0.1, -0.05) is 11.6 Å². The molecule has 2 fully saturated rings. The third-order valence-corrected chi connectivity index (χ3v) is 5.90. The molecule has 1 aliphatic heterocycles. The van der Waals surface area contributed by atoms with Crippen LogP contribution in [0.15, 0.2) is 36.8 Å². The summed E-state index contributed by atoms with van der Waals surface area (Å²) in [6, 6.07) is 7.37. The van der Waals surface area contributed by atoms with Gasteiger partial charge in [-0.25, -0.2) is 9.78 Å². The average Bonchev–Trinajstić information content (AvgIpc) is 3.32. The number of hydrogen-bond donors (Lipinski definition) is 2. The van der Waals surface area contributed by atoms with E-state index in [1.807, 2.05) is 42.0 Å². The number of aryl methyl sites for hydroxylation is 1. The smallest absolute Gasteiger partial charge is 0.324 e. The number of hydrogen-bond acceptors (Lipinski definition) is 6. The molecule has 31 heavy (non-hydrogen) atoms. The van der Waals surface area contributed by atoms with Gasteiger partial charge in [0.05, 0.1) is 24.1 Å². The van der Waals surface area contributed by atoms with E-state index < -0.39 is 0 Å². The summed E-state index contributed by atoms with van der Waals surface area (Å²) in [6.45, 7) is 4.43. The third-order valence-electron chi connectivity index (χ3n) is 5.65. The van der Waals surface area contributed by atoms with Gasteiger partial charge in [0.2, 0.25) is 11.9 Å². The highest BCUT2D eigenvalue weighted by Crippen LogP contribution is 2.38. The van der Waals surface area contributed by atoms with Gasteiger partial charge in [-0.05, 0) is 56.9 Å². The Morgan fingerprint density at radius 2 is 1.97 bits per heavy atom. The molecule has 2 atom stereocenters. The number of halogens is 1. The molecule has 2 amide bonds. The Kier molecular flexibility index (Phi) is 4.97. The molecule has 1 saturated heterocycles. The number of imidazole rings is 1. The predicted octanol–water partition coefficient (Wildman–Crippen LogP) is 3.50. The summed E-state index contributed by atoms with van der Waals surface area (Å²) in [7, 11) is 0. The van der Waals surface area contributed by atoms with Crippen molar-refractivity contribution in [3.63, 3.8) is 0 Å². The summed E-state index contributed by atoms with van der Waals surface area (Å²) in [5.41, 5.74) is 1.81. The second kappa shape index (κ2) is 7.81. The number of carbonyl (C=O) groups is 1. The molecular formula is C21H23ClN8O. The van der Waals surface area contributed by atoms with Crippen LogP contribution in [0.2, 0.25) is 5.02 Å². The standard InChI is InChI=1S/C21H23ClN8O/c1-12(17-10-29(11-24-17)16-7-5-15(22)6-8-16)25-19-26-13(2)27-20(28-19)30-18(14-3-4-14)9-23-21(30)31/h5-8,10-12,14,18H,3-4,9H2,1-2H3,(H,23,31)(H,25,26,27,28)/t12-,18+/m0/s1. The van der Waals surface area contributed by atoms with Crippen molar-refractivity contribution in [1.29, 1.82) is 0 Å². The van der Waals surface area contributed by atoms with Crippen molar-refractivity contribution >= 4 is 29.5 Å². The van der Waals surface area contributed by atoms with E-state index >= 15 is 0 Å². The Bertz CT molecular complexity index is 1110. The number of carbonyl (C=O) groups excluding carboxylic acids is 1. The molecule has 0 unspecified atom stereocenters. The first-order valence-electron chi connectivity index (χ1n) is 10.3. The number of benzene rings is 1. The van der Waals surface area contributed by atoms with Gasteiger partial charge in [-0.3, -0.25) is 4.90 Å². The van der Waals surface area contributed by atoms with Gasteiger partial charge in [-0.15, -0.1) is 0 Å². The first-order valence-corrected chi connectivity index (χ1v) is 10.7. The summed E-state index contributed by atoms with van der Waals surface area (Å²) in [5, 5.41) is 6.90. The van der Waals surface area contributed by atoms with Gasteiger partial charge in [0.15, 0.2) is 0 Å². The highest BCUT2D eigenvalue weighted by molar-refractivity contribution is 6.30. The van der Waals surface area contributed by atoms with Crippen LogP contribution in [0.5, 0.6) is 0 Å². The molecule has 1 aliphatic carbocycles. The minimum Gasteiger partial charge on any atom is -0.346 e. The molecule has 0 bridgehead atoms. The third kappa shape index (κ3) is 4.05. The molecule has 1 aromatic carbocycles. The molecule has 0 spiro atoms. The number of anilines is 2. The highest BCUT2D eigenvalue weighted by atomic mass is 35.5. The van der Waals surface area contributed by atoms with Crippen LogP contribution in [0.3, 0.4) is 0 Å². The van der Waals surface area contributed by atoms with Crippen LogP contribution in [-0.2, 0) is 0 Å². The molecule has 2 N–H and O–H groups in total. The lowest BCUT2D eigenvalue weighted by molar-refractivity contribution is 0.251. The zero-order chi connectivity index (χ0) is 21.5. The summed E-state index contributed by atoms with van der Waals surface area (Å²) < 4.78 is 1.93. The van der Waals surface area contributed by atoms with E-state index in [1.165, 1.54) is 0 Å². The second-order valence-electron chi connectivity index (χ2n) is 8.02. The number of nitrogens with one attached hydrogen (secondary N) is 2. The average molecular weight is 439 g/mol. The fraction of sp³-hybridized carbons (Fsp3) is 0.381. The Morgan fingerprint density at radius 3 is 2.71 bits per heavy atom. The Hall–Kier alpha value is -3.20. The minimum atomic E-state index is -0.150. The minimum absolute atomic E-state index is 0.106. The zero-order valence-electron chi connectivity index (χ0n) is 17.3. The lowest BCUT2D eigenvalue weighted by Gasteiger charge is -2.21. The van der Waals surface area contributed by atoms with Crippen molar-refractivity contribution in [2.75, 3.05) is 16.8 Å². The summed E-state index contributed by atoms with van der Waals surface area (Å²) in [4.78, 5) is 32.0. The maximum atomic E-state index is 12.4. The van der Waals surface area contributed by atoms with Gasteiger partial charge >= 0.3 is 6.03 Å². The highest BCUT2D eigenvalue weighted by Gasteiger charge is 2.43. The molecule has 0 radical (unpaired) electrons. The molecule has 3 heterocycles. The van der Waals surface area contributed by atoms with E-state index in [0.29, 0.717) is 35.2 Å². The van der Waals surface area contributed by atoms with Gasteiger partial charge in [0.1, 0.15) is 5.82 Å². The quantitative estimate of drug-likeness (QED) is 0.610. The summed E-state index contributed by atoms with van der Waals surface area (Å²) in [5.74, 6) is 1.88. The summed E-state index contributed by atoms with van der Waals surface area (Å²) in [6.07, 6.45) is 5.99. The molecule has 2 aromatic heterocycles. The van der Waals surface area contributed by atoms with E-state index in [1.54, 1.807) is 18.2 Å². The molecule has 9 nitrogen and oxygen atoms in total.